The molecule has 0 N–H and O–H groups in total. The van der Waals surface area contributed by atoms with E-state index in [2.05, 4.69) is 4.98 Å². The zero-order valence-corrected chi connectivity index (χ0v) is 13.1. The number of sulfonamides is 1. The number of rotatable bonds is 5. The molecule has 0 fully saturated rings. The van der Waals surface area contributed by atoms with Gasteiger partial charge in [0.05, 0.1) is 4.90 Å². The van der Waals surface area contributed by atoms with E-state index in [0.29, 0.717) is 5.56 Å². The highest BCUT2D eigenvalue weighted by atomic mass is 32.2. The second-order valence-corrected chi connectivity index (χ2v) is 6.95. The van der Waals surface area contributed by atoms with Gasteiger partial charge in [-0.1, -0.05) is 18.2 Å². The van der Waals surface area contributed by atoms with Gasteiger partial charge in [-0.2, -0.15) is 0 Å². The van der Waals surface area contributed by atoms with Crippen LogP contribution in [0.5, 0.6) is 0 Å². The maximum absolute atomic E-state index is 12.2. The SMILES string of the molecule is CN(C)S(=O)(=O)c1cccc(C(=O)/C=C/c2cccnc2)c1. The summed E-state index contributed by atoms with van der Waals surface area (Å²) in [6.45, 7) is 0. The van der Waals surface area contributed by atoms with Gasteiger partial charge in [0.1, 0.15) is 0 Å². The van der Waals surface area contributed by atoms with Gasteiger partial charge >= 0.3 is 0 Å². The maximum Gasteiger partial charge on any atom is 0.242 e. The van der Waals surface area contributed by atoms with Gasteiger partial charge < -0.3 is 0 Å². The van der Waals surface area contributed by atoms with E-state index >= 15 is 0 Å². The van der Waals surface area contributed by atoms with Gasteiger partial charge in [0, 0.05) is 32.1 Å². The second kappa shape index (κ2) is 6.64. The lowest BCUT2D eigenvalue weighted by molar-refractivity contribution is 0.104. The number of hydrogen-bond acceptors (Lipinski definition) is 4. The fourth-order valence-corrected chi connectivity index (χ4v) is 2.71. The number of allylic oxidation sites excluding steroid dienone is 1. The third kappa shape index (κ3) is 3.66. The number of benzene rings is 1. The molecule has 5 nitrogen and oxygen atoms in total. The lowest BCUT2D eigenvalue weighted by Crippen LogP contribution is -2.22. The second-order valence-electron chi connectivity index (χ2n) is 4.80. The van der Waals surface area contributed by atoms with Crippen molar-refractivity contribution < 1.29 is 13.2 Å². The molecule has 0 saturated carbocycles. The van der Waals surface area contributed by atoms with E-state index < -0.39 is 10.0 Å². The van der Waals surface area contributed by atoms with Crippen LogP contribution in [0.2, 0.25) is 0 Å². The van der Waals surface area contributed by atoms with Crippen LogP contribution in [0.15, 0.2) is 59.8 Å². The number of carbonyl (C=O) groups is 1. The van der Waals surface area contributed by atoms with Gasteiger partial charge in [-0.15, -0.1) is 0 Å². The Balaban J connectivity index is 2.27. The molecule has 0 atom stereocenters. The number of hydrogen-bond donors (Lipinski definition) is 0. The maximum atomic E-state index is 12.2. The Morgan fingerprint density at radius 3 is 2.59 bits per heavy atom. The Morgan fingerprint density at radius 1 is 1.18 bits per heavy atom. The molecule has 1 aromatic carbocycles. The molecule has 0 aliphatic carbocycles. The van der Waals surface area contributed by atoms with E-state index in [0.717, 1.165) is 9.87 Å². The molecule has 0 amide bonds. The summed E-state index contributed by atoms with van der Waals surface area (Å²) in [6.07, 6.45) is 6.33. The molecule has 0 aliphatic heterocycles. The summed E-state index contributed by atoms with van der Waals surface area (Å²) in [5.74, 6) is -0.264. The average Bonchev–Trinajstić information content (AvgIpc) is 2.53. The van der Waals surface area contributed by atoms with Crippen LogP contribution in [0, 0.1) is 0 Å². The molecule has 2 rings (SSSR count). The topological polar surface area (TPSA) is 67.3 Å². The Kier molecular flexibility index (Phi) is 4.85. The van der Waals surface area contributed by atoms with E-state index in [4.69, 9.17) is 0 Å². The van der Waals surface area contributed by atoms with Crippen molar-refractivity contribution in [3.05, 3.63) is 66.0 Å². The normalized spacial score (nSPS) is 12.0. The highest BCUT2D eigenvalue weighted by Gasteiger charge is 2.18. The van der Waals surface area contributed by atoms with Crippen molar-refractivity contribution in [3.63, 3.8) is 0 Å². The highest BCUT2D eigenvalue weighted by molar-refractivity contribution is 7.89. The molecule has 0 aliphatic rings. The fraction of sp³-hybridized carbons (Fsp3) is 0.125. The van der Waals surface area contributed by atoms with Crippen molar-refractivity contribution in [1.82, 2.24) is 9.29 Å². The van der Waals surface area contributed by atoms with Crippen LogP contribution in [0.1, 0.15) is 15.9 Å². The fourth-order valence-electron chi connectivity index (χ4n) is 1.76. The molecule has 0 unspecified atom stereocenters. The van der Waals surface area contributed by atoms with E-state index in [-0.39, 0.29) is 10.7 Å². The number of pyridine rings is 1. The summed E-state index contributed by atoms with van der Waals surface area (Å²) in [5.41, 5.74) is 1.12. The average molecular weight is 316 g/mol. The molecule has 1 aromatic heterocycles. The van der Waals surface area contributed by atoms with E-state index in [9.17, 15) is 13.2 Å². The molecule has 2 aromatic rings. The summed E-state index contributed by atoms with van der Waals surface area (Å²) in [6, 6.07) is 9.59. The minimum Gasteiger partial charge on any atom is -0.289 e. The Bertz CT molecular complexity index is 797. The lowest BCUT2D eigenvalue weighted by atomic mass is 10.1. The summed E-state index contributed by atoms with van der Waals surface area (Å²) < 4.78 is 25.3. The Hall–Kier alpha value is -2.31. The zero-order chi connectivity index (χ0) is 16.2. The summed E-state index contributed by atoms with van der Waals surface area (Å²) in [5, 5.41) is 0. The molecule has 0 spiro atoms. The molecule has 22 heavy (non-hydrogen) atoms. The monoisotopic (exact) mass is 316 g/mol. The van der Waals surface area contributed by atoms with Crippen LogP contribution in [-0.4, -0.2) is 37.6 Å². The molecule has 0 radical (unpaired) electrons. The molecule has 6 heteroatoms. The summed E-state index contributed by atoms with van der Waals surface area (Å²) >= 11 is 0. The molecule has 114 valence electrons. The first-order valence-electron chi connectivity index (χ1n) is 6.56. The predicted molar refractivity (Wildman–Crippen MR) is 84.9 cm³/mol. The quantitative estimate of drug-likeness (QED) is 0.626. The smallest absolute Gasteiger partial charge is 0.242 e. The van der Waals surface area contributed by atoms with Crippen LogP contribution in [0.4, 0.5) is 0 Å². The van der Waals surface area contributed by atoms with Gasteiger partial charge in [0.2, 0.25) is 10.0 Å². The van der Waals surface area contributed by atoms with Gasteiger partial charge in [-0.05, 0) is 35.9 Å². The molecule has 1 heterocycles. The predicted octanol–water partition coefficient (Wildman–Crippen LogP) is 2.23. The highest BCUT2D eigenvalue weighted by Crippen LogP contribution is 2.15. The third-order valence-corrected chi connectivity index (χ3v) is 4.82. The first-order chi connectivity index (χ1) is 10.4. The van der Waals surface area contributed by atoms with Crippen LogP contribution >= 0.6 is 0 Å². The van der Waals surface area contributed by atoms with Crippen LogP contribution in [0.25, 0.3) is 6.08 Å². The van der Waals surface area contributed by atoms with Crippen molar-refractivity contribution in [2.45, 2.75) is 4.90 Å². The van der Waals surface area contributed by atoms with Crippen molar-refractivity contribution >= 4 is 21.9 Å². The number of carbonyl (C=O) groups excluding carboxylic acids is 1. The number of nitrogens with zero attached hydrogens (tertiary/aromatic N) is 2. The van der Waals surface area contributed by atoms with E-state index in [1.165, 1.54) is 32.3 Å². The van der Waals surface area contributed by atoms with E-state index in [1.807, 2.05) is 6.07 Å². The molecular weight excluding hydrogens is 300 g/mol. The van der Waals surface area contributed by atoms with Crippen molar-refractivity contribution in [2.24, 2.45) is 0 Å². The van der Waals surface area contributed by atoms with Crippen molar-refractivity contribution in [1.29, 1.82) is 0 Å². The first-order valence-corrected chi connectivity index (χ1v) is 8.00. The zero-order valence-electron chi connectivity index (χ0n) is 12.3. The standard InChI is InChI=1S/C16H16N2O3S/c1-18(2)22(20,21)15-7-3-6-14(11-15)16(19)9-8-13-5-4-10-17-12-13/h3-12H,1-2H3/b9-8+. The van der Waals surface area contributed by atoms with Gasteiger partial charge in [0.15, 0.2) is 5.78 Å². The third-order valence-electron chi connectivity index (χ3n) is 3.01. The number of ketones is 1. The Morgan fingerprint density at radius 2 is 1.95 bits per heavy atom. The number of aromatic nitrogens is 1. The van der Waals surface area contributed by atoms with Crippen LogP contribution < -0.4 is 0 Å². The van der Waals surface area contributed by atoms with Crippen LogP contribution in [0.3, 0.4) is 0 Å². The first kappa shape index (κ1) is 16.1. The molecule has 0 bridgehead atoms. The van der Waals surface area contributed by atoms with E-state index in [1.54, 1.807) is 36.7 Å². The van der Waals surface area contributed by atoms with Gasteiger partial charge in [0.25, 0.3) is 0 Å². The van der Waals surface area contributed by atoms with Gasteiger partial charge in [-0.3, -0.25) is 9.78 Å². The van der Waals surface area contributed by atoms with Crippen LogP contribution in [-0.2, 0) is 10.0 Å². The summed E-state index contributed by atoms with van der Waals surface area (Å²) in [4.78, 5) is 16.2. The molecule has 0 saturated heterocycles. The lowest BCUT2D eigenvalue weighted by Gasteiger charge is -2.11. The molecular formula is C16H16N2O3S. The minimum atomic E-state index is -3.55. The van der Waals surface area contributed by atoms with Crippen molar-refractivity contribution in [3.8, 4) is 0 Å². The largest absolute Gasteiger partial charge is 0.289 e. The summed E-state index contributed by atoms with van der Waals surface area (Å²) in [7, 11) is -0.652. The van der Waals surface area contributed by atoms with Crippen molar-refractivity contribution in [2.75, 3.05) is 14.1 Å². The minimum absolute atomic E-state index is 0.0955. The Labute approximate surface area is 130 Å². The van der Waals surface area contributed by atoms with Gasteiger partial charge in [-0.25, -0.2) is 12.7 Å².